The Bertz CT molecular complexity index is 1250. The summed E-state index contributed by atoms with van der Waals surface area (Å²) in [4.78, 5) is 42.1. The Morgan fingerprint density at radius 2 is 1.79 bits per heavy atom. The van der Waals surface area contributed by atoms with Crippen LogP contribution in [0.4, 0.5) is 5.95 Å². The van der Waals surface area contributed by atoms with Gasteiger partial charge in [-0.15, -0.1) is 0 Å². The zero-order valence-corrected chi connectivity index (χ0v) is 16.1. The highest BCUT2D eigenvalue weighted by Gasteiger charge is 2.35. The predicted octanol–water partition coefficient (Wildman–Crippen LogP) is 1.16. The Hall–Kier alpha value is -3.49. The number of hydrazone groups is 1. The Morgan fingerprint density at radius 3 is 2.39 bits per heavy atom. The first-order valence-electron chi connectivity index (χ1n) is 8.99. The lowest BCUT2D eigenvalue weighted by Gasteiger charge is -2.30. The molecule has 9 heteroatoms. The second-order valence-electron chi connectivity index (χ2n) is 6.77. The van der Waals surface area contributed by atoms with Crippen molar-refractivity contribution in [2.24, 2.45) is 19.2 Å². The maximum atomic E-state index is 13.0. The quantitative estimate of drug-likeness (QED) is 0.667. The zero-order valence-electron chi connectivity index (χ0n) is 16.1. The van der Waals surface area contributed by atoms with Gasteiger partial charge in [-0.3, -0.25) is 23.3 Å². The summed E-state index contributed by atoms with van der Waals surface area (Å²) in [5.74, 6) is -0.0892. The number of aryl methyl sites for hydroxylation is 1. The lowest BCUT2D eigenvalue weighted by molar-refractivity contribution is -0.116. The van der Waals surface area contributed by atoms with Crippen molar-refractivity contribution in [1.29, 1.82) is 0 Å². The van der Waals surface area contributed by atoms with Crippen LogP contribution in [0.15, 0.2) is 45.0 Å². The number of hydrogen-bond acceptors (Lipinski definition) is 5. The monoisotopic (exact) mass is 380 g/mol. The second-order valence-corrected chi connectivity index (χ2v) is 6.77. The van der Waals surface area contributed by atoms with Gasteiger partial charge in [0.25, 0.3) is 5.56 Å². The van der Waals surface area contributed by atoms with E-state index < -0.39 is 11.2 Å². The van der Waals surface area contributed by atoms with Gasteiger partial charge in [0.2, 0.25) is 11.9 Å². The summed E-state index contributed by atoms with van der Waals surface area (Å²) < 4.78 is 4.10. The summed E-state index contributed by atoms with van der Waals surface area (Å²) >= 11 is 0. The summed E-state index contributed by atoms with van der Waals surface area (Å²) in [5.41, 5.74) is 1.11. The molecule has 1 amide bonds. The third kappa shape index (κ3) is 2.35. The number of imidazole rings is 1. The van der Waals surface area contributed by atoms with Crippen molar-refractivity contribution in [2.75, 3.05) is 5.01 Å². The molecule has 0 aliphatic carbocycles. The standard InChI is InChI=1S/C19H20N6O3/c1-5-13-14(12-9-7-6-8-10-12)21-25(11(2)26)18-20-16-15(24(13)18)17(27)23(4)19(28)22(16)3/h6-10,13H,5H2,1-4H3. The van der Waals surface area contributed by atoms with Crippen LogP contribution in [-0.2, 0) is 18.9 Å². The van der Waals surface area contributed by atoms with E-state index in [0.29, 0.717) is 12.1 Å². The van der Waals surface area contributed by atoms with Crippen LogP contribution in [0.1, 0.15) is 31.9 Å². The van der Waals surface area contributed by atoms with Gasteiger partial charge in [0.15, 0.2) is 11.2 Å². The van der Waals surface area contributed by atoms with E-state index in [9.17, 15) is 14.4 Å². The average molecular weight is 380 g/mol. The summed E-state index contributed by atoms with van der Waals surface area (Å²) in [6.45, 7) is 3.37. The fourth-order valence-corrected chi connectivity index (χ4v) is 3.64. The normalized spacial score (nSPS) is 16.2. The molecule has 28 heavy (non-hydrogen) atoms. The third-order valence-corrected chi connectivity index (χ3v) is 5.05. The van der Waals surface area contributed by atoms with E-state index in [1.165, 1.54) is 23.5 Å². The van der Waals surface area contributed by atoms with Crippen LogP contribution in [0.25, 0.3) is 11.2 Å². The van der Waals surface area contributed by atoms with Crippen molar-refractivity contribution in [1.82, 2.24) is 18.7 Å². The van der Waals surface area contributed by atoms with Gasteiger partial charge in [0.05, 0.1) is 11.8 Å². The van der Waals surface area contributed by atoms with E-state index in [-0.39, 0.29) is 29.1 Å². The van der Waals surface area contributed by atoms with Gasteiger partial charge in [-0.05, 0) is 12.0 Å². The first kappa shape index (κ1) is 17.9. The largest absolute Gasteiger partial charge is 0.332 e. The van der Waals surface area contributed by atoms with Crippen molar-refractivity contribution < 1.29 is 4.79 Å². The highest BCUT2D eigenvalue weighted by atomic mass is 16.2. The molecule has 0 N–H and O–H groups in total. The third-order valence-electron chi connectivity index (χ3n) is 5.05. The minimum absolute atomic E-state index is 0.234. The first-order valence-corrected chi connectivity index (χ1v) is 8.99. The van der Waals surface area contributed by atoms with Crippen molar-refractivity contribution >= 4 is 28.7 Å². The summed E-state index contributed by atoms with van der Waals surface area (Å²) in [6.07, 6.45) is 0.629. The van der Waals surface area contributed by atoms with E-state index in [1.54, 1.807) is 11.6 Å². The molecule has 2 aromatic heterocycles. The number of hydrogen-bond donors (Lipinski definition) is 0. The van der Waals surface area contributed by atoms with Crippen LogP contribution in [0.2, 0.25) is 0 Å². The molecule has 3 aromatic rings. The van der Waals surface area contributed by atoms with Gasteiger partial charge in [-0.1, -0.05) is 37.3 Å². The van der Waals surface area contributed by atoms with Crippen LogP contribution in [-0.4, -0.2) is 30.3 Å². The number of amides is 1. The van der Waals surface area contributed by atoms with Gasteiger partial charge in [0.1, 0.15) is 0 Å². The molecule has 0 spiro atoms. The van der Waals surface area contributed by atoms with E-state index in [0.717, 1.165) is 10.1 Å². The zero-order chi connectivity index (χ0) is 20.2. The SMILES string of the molecule is CCC1C(c2ccccc2)=NN(C(C)=O)c2nc3c(c(=O)n(C)c(=O)n3C)n21. The van der Waals surface area contributed by atoms with Crippen LogP contribution in [0.3, 0.4) is 0 Å². The molecule has 1 atom stereocenters. The predicted molar refractivity (Wildman–Crippen MR) is 106 cm³/mol. The van der Waals surface area contributed by atoms with Crippen molar-refractivity contribution in [2.45, 2.75) is 26.3 Å². The molecule has 1 unspecified atom stereocenters. The molecule has 144 valence electrons. The lowest BCUT2D eigenvalue weighted by atomic mass is 10.0. The van der Waals surface area contributed by atoms with Crippen LogP contribution in [0.5, 0.6) is 0 Å². The van der Waals surface area contributed by atoms with Gasteiger partial charge < -0.3 is 0 Å². The molecular weight excluding hydrogens is 360 g/mol. The number of anilines is 1. The average Bonchev–Trinajstić information content (AvgIpc) is 3.10. The Balaban J connectivity index is 2.13. The van der Waals surface area contributed by atoms with Gasteiger partial charge in [0, 0.05) is 21.0 Å². The number of nitrogens with zero attached hydrogens (tertiary/aromatic N) is 6. The first-order chi connectivity index (χ1) is 13.4. The Labute approximate surface area is 160 Å². The van der Waals surface area contributed by atoms with E-state index in [2.05, 4.69) is 10.1 Å². The molecule has 0 fully saturated rings. The molecule has 0 bridgehead atoms. The van der Waals surface area contributed by atoms with E-state index >= 15 is 0 Å². The van der Waals surface area contributed by atoms with Crippen molar-refractivity contribution in [3.8, 4) is 0 Å². The van der Waals surface area contributed by atoms with Crippen LogP contribution >= 0.6 is 0 Å². The van der Waals surface area contributed by atoms with Crippen LogP contribution < -0.4 is 16.3 Å². The number of fused-ring (bicyclic) bond motifs is 3. The molecular formula is C19H20N6O3. The molecule has 1 aromatic carbocycles. The highest BCUT2D eigenvalue weighted by Crippen LogP contribution is 2.33. The fourth-order valence-electron chi connectivity index (χ4n) is 3.64. The van der Waals surface area contributed by atoms with E-state index in [1.807, 2.05) is 37.3 Å². The number of carbonyl (C=O) groups excluding carboxylic acids is 1. The fraction of sp³-hybridized carbons (Fsp3) is 0.316. The van der Waals surface area contributed by atoms with Gasteiger partial charge in [-0.2, -0.15) is 15.1 Å². The number of benzene rings is 1. The van der Waals surface area contributed by atoms with Crippen molar-refractivity contribution in [3.63, 3.8) is 0 Å². The van der Waals surface area contributed by atoms with Crippen molar-refractivity contribution in [3.05, 3.63) is 56.7 Å². The molecule has 0 saturated carbocycles. The number of aromatic nitrogens is 4. The molecule has 1 aliphatic rings. The minimum Gasteiger partial charge on any atom is -0.293 e. The Kier molecular flexibility index (Phi) is 4.02. The lowest BCUT2D eigenvalue weighted by Crippen LogP contribution is -2.40. The molecule has 9 nitrogen and oxygen atoms in total. The summed E-state index contributed by atoms with van der Waals surface area (Å²) in [5, 5.41) is 5.76. The Morgan fingerprint density at radius 1 is 1.11 bits per heavy atom. The number of carbonyl (C=O) groups is 1. The molecule has 0 saturated heterocycles. The van der Waals surface area contributed by atoms with Gasteiger partial charge in [-0.25, -0.2) is 4.79 Å². The second kappa shape index (κ2) is 6.29. The highest BCUT2D eigenvalue weighted by molar-refractivity contribution is 6.08. The topological polar surface area (TPSA) is 94.5 Å². The molecule has 3 heterocycles. The molecule has 4 rings (SSSR count). The maximum Gasteiger partial charge on any atom is 0.332 e. The molecule has 0 radical (unpaired) electrons. The summed E-state index contributed by atoms with van der Waals surface area (Å²) in [7, 11) is 2.99. The molecule has 1 aliphatic heterocycles. The number of rotatable bonds is 2. The maximum absolute atomic E-state index is 13.0. The van der Waals surface area contributed by atoms with Gasteiger partial charge >= 0.3 is 5.69 Å². The van der Waals surface area contributed by atoms with E-state index in [4.69, 9.17) is 0 Å². The smallest absolute Gasteiger partial charge is 0.293 e. The minimum atomic E-state index is -0.473. The van der Waals surface area contributed by atoms with Crippen LogP contribution in [0, 0.1) is 0 Å². The summed E-state index contributed by atoms with van der Waals surface area (Å²) in [6, 6.07) is 9.22.